The van der Waals surface area contributed by atoms with E-state index >= 15 is 0 Å². The SMILES string of the molecule is CC(C)(C)c1ccc(N(c2ccc(C(C)(C)C)cc2)c2cc3c4c(c2)-n2c(-c5ccccc5)c(C(C)(C)C)c5cccc(c52)B4c2cccc4c2N3C2(C)CCCCC42C)cc1. The number of nitrogens with zero attached hydrogens (tertiary/aromatic N) is 3. The van der Waals surface area contributed by atoms with Gasteiger partial charge in [-0.1, -0.05) is 173 Å². The van der Waals surface area contributed by atoms with Crippen molar-refractivity contribution >= 4 is 62.4 Å². The van der Waals surface area contributed by atoms with E-state index < -0.39 is 0 Å². The van der Waals surface area contributed by atoms with E-state index in [-0.39, 0.29) is 33.9 Å². The molecule has 2 unspecified atom stereocenters. The second kappa shape index (κ2) is 13.0. The first kappa shape index (κ1) is 39.4. The van der Waals surface area contributed by atoms with Crippen LogP contribution in [0.1, 0.15) is 124 Å². The fraction of sp³-hybridized carbons (Fsp3) is 0.345. The zero-order valence-electron chi connectivity index (χ0n) is 38.9. The lowest BCUT2D eigenvalue weighted by Gasteiger charge is -2.52. The molecule has 1 fully saturated rings. The third-order valence-corrected chi connectivity index (χ3v) is 15.7. The smallest absolute Gasteiger partial charge is 0.252 e. The first-order valence-corrected chi connectivity index (χ1v) is 23.3. The predicted octanol–water partition coefficient (Wildman–Crippen LogP) is 13.5. The lowest BCUT2D eigenvalue weighted by Crippen LogP contribution is -2.64. The highest BCUT2D eigenvalue weighted by molar-refractivity contribution is 7.00. The highest BCUT2D eigenvalue weighted by atomic mass is 15.3. The van der Waals surface area contributed by atoms with Crippen LogP contribution in [-0.4, -0.2) is 16.8 Å². The number of fused-ring (bicyclic) bond motifs is 7. The van der Waals surface area contributed by atoms with E-state index in [9.17, 15) is 0 Å². The molecule has 3 nitrogen and oxygen atoms in total. The number of rotatable bonds is 4. The molecule has 1 aliphatic carbocycles. The summed E-state index contributed by atoms with van der Waals surface area (Å²) in [5.74, 6) is 0. The fourth-order valence-corrected chi connectivity index (χ4v) is 12.4. The fourth-order valence-electron chi connectivity index (χ4n) is 12.4. The second-order valence-electron chi connectivity index (χ2n) is 22.6. The highest BCUT2D eigenvalue weighted by Crippen LogP contribution is 2.62. The Balaban J connectivity index is 1.29. The van der Waals surface area contributed by atoms with E-state index in [1.807, 2.05) is 0 Å². The van der Waals surface area contributed by atoms with Gasteiger partial charge in [0, 0.05) is 44.8 Å². The highest BCUT2D eigenvalue weighted by Gasteiger charge is 2.61. The maximum Gasteiger partial charge on any atom is 0.252 e. The van der Waals surface area contributed by atoms with Gasteiger partial charge >= 0.3 is 0 Å². The summed E-state index contributed by atoms with van der Waals surface area (Å²) >= 11 is 0. The normalized spacial score (nSPS) is 20.0. The van der Waals surface area contributed by atoms with Gasteiger partial charge < -0.3 is 14.4 Å². The number of anilines is 5. The van der Waals surface area contributed by atoms with Gasteiger partial charge in [0.25, 0.3) is 6.71 Å². The Labute approximate surface area is 370 Å². The molecule has 3 aliphatic heterocycles. The zero-order chi connectivity index (χ0) is 43.3. The molecule has 62 heavy (non-hydrogen) atoms. The molecule has 312 valence electrons. The van der Waals surface area contributed by atoms with Crippen LogP contribution in [0.4, 0.5) is 28.4 Å². The Hall–Kier alpha value is -5.48. The first-order valence-electron chi connectivity index (χ1n) is 23.3. The molecule has 1 aromatic heterocycles. The molecular weight excluding hydrogens is 749 g/mol. The summed E-state index contributed by atoms with van der Waals surface area (Å²) in [6, 6.07) is 49.7. The Morgan fingerprint density at radius 2 is 1.15 bits per heavy atom. The molecule has 7 aromatic rings. The van der Waals surface area contributed by atoms with Crippen molar-refractivity contribution in [2.75, 3.05) is 9.80 Å². The average molecular weight is 812 g/mol. The van der Waals surface area contributed by atoms with Gasteiger partial charge in [-0.15, -0.1) is 0 Å². The molecule has 4 heteroatoms. The molecule has 0 saturated heterocycles. The molecule has 0 radical (unpaired) electrons. The summed E-state index contributed by atoms with van der Waals surface area (Å²) in [5, 5.41) is 1.36. The van der Waals surface area contributed by atoms with Crippen molar-refractivity contribution in [2.24, 2.45) is 0 Å². The quantitative estimate of drug-likeness (QED) is 0.164. The molecule has 11 rings (SSSR count). The van der Waals surface area contributed by atoms with Crippen LogP contribution in [0.2, 0.25) is 0 Å². The van der Waals surface area contributed by atoms with Crippen LogP contribution in [0.3, 0.4) is 0 Å². The van der Waals surface area contributed by atoms with Crippen molar-refractivity contribution in [3.05, 3.63) is 150 Å². The van der Waals surface area contributed by atoms with Crippen LogP contribution in [-0.2, 0) is 21.7 Å². The number of benzene rings is 6. The van der Waals surface area contributed by atoms with Crippen LogP contribution in [0.25, 0.3) is 27.8 Å². The summed E-state index contributed by atoms with van der Waals surface area (Å²) in [4.78, 5) is 5.42. The summed E-state index contributed by atoms with van der Waals surface area (Å²) in [6.45, 7) is 26.4. The topological polar surface area (TPSA) is 11.4 Å². The van der Waals surface area contributed by atoms with Crippen LogP contribution < -0.4 is 26.2 Å². The Bertz CT molecular complexity index is 2880. The standard InChI is InChI=1S/C58H62BN3/c1-54(2,3)38-25-29-40(30-26-38)60(41-31-27-39(28-32-41)55(4,5)6)42-35-47-50-48(36-42)62-53-44(57(10)33-15-16-34-58(57,62)11)22-18-24-46(53)59(50)45-23-17-21-43-49(56(7,8)9)51(61(47)52(43)45)37-19-13-12-14-20-37/h12-14,17-32,35-36H,15-16,33-34H2,1-11H3. The van der Waals surface area contributed by atoms with Crippen molar-refractivity contribution in [3.8, 4) is 16.9 Å². The van der Waals surface area contributed by atoms with E-state index in [0.717, 1.165) is 0 Å². The van der Waals surface area contributed by atoms with Crippen LogP contribution in [0.5, 0.6) is 0 Å². The number of hydrogen-bond donors (Lipinski definition) is 0. The minimum absolute atomic E-state index is 0.0359. The Morgan fingerprint density at radius 3 is 1.76 bits per heavy atom. The van der Waals surface area contributed by atoms with E-state index in [1.165, 1.54) is 121 Å². The molecule has 4 aliphatic rings. The second-order valence-corrected chi connectivity index (χ2v) is 22.6. The molecular formula is C58H62BN3. The van der Waals surface area contributed by atoms with E-state index in [1.54, 1.807) is 0 Å². The van der Waals surface area contributed by atoms with Crippen molar-refractivity contribution in [2.45, 2.75) is 129 Å². The van der Waals surface area contributed by atoms with Crippen molar-refractivity contribution < 1.29 is 0 Å². The largest absolute Gasteiger partial charge is 0.335 e. The monoisotopic (exact) mass is 812 g/mol. The van der Waals surface area contributed by atoms with Crippen LogP contribution in [0.15, 0.2) is 127 Å². The number of para-hydroxylation sites is 2. The Morgan fingerprint density at radius 1 is 0.565 bits per heavy atom. The van der Waals surface area contributed by atoms with E-state index in [0.29, 0.717) is 0 Å². The van der Waals surface area contributed by atoms with Crippen LogP contribution in [0, 0.1) is 0 Å². The van der Waals surface area contributed by atoms with Gasteiger partial charge in [-0.05, 0) is 117 Å². The lowest BCUT2D eigenvalue weighted by atomic mass is 9.33. The van der Waals surface area contributed by atoms with Crippen molar-refractivity contribution in [3.63, 3.8) is 0 Å². The van der Waals surface area contributed by atoms with E-state index in [2.05, 4.69) is 218 Å². The molecule has 1 saturated carbocycles. The van der Waals surface area contributed by atoms with E-state index in [4.69, 9.17) is 0 Å². The minimum atomic E-state index is -0.108. The molecule has 6 aromatic carbocycles. The van der Waals surface area contributed by atoms with Crippen molar-refractivity contribution in [1.29, 1.82) is 0 Å². The first-order chi connectivity index (χ1) is 29.4. The van der Waals surface area contributed by atoms with Gasteiger partial charge in [0.1, 0.15) is 0 Å². The van der Waals surface area contributed by atoms with Gasteiger partial charge in [0.2, 0.25) is 0 Å². The maximum atomic E-state index is 2.88. The minimum Gasteiger partial charge on any atom is -0.335 e. The Kier molecular flexibility index (Phi) is 8.28. The number of aromatic nitrogens is 1. The average Bonchev–Trinajstić information content (AvgIpc) is 3.70. The van der Waals surface area contributed by atoms with Crippen molar-refractivity contribution in [1.82, 2.24) is 4.57 Å². The molecule has 0 bridgehead atoms. The predicted molar refractivity (Wildman–Crippen MR) is 267 cm³/mol. The number of hydrogen-bond acceptors (Lipinski definition) is 2. The molecule has 2 atom stereocenters. The zero-order valence-corrected chi connectivity index (χ0v) is 38.9. The van der Waals surface area contributed by atoms with Gasteiger partial charge in [-0.25, -0.2) is 0 Å². The summed E-state index contributed by atoms with van der Waals surface area (Å²) < 4.78 is 2.70. The third-order valence-electron chi connectivity index (χ3n) is 15.7. The van der Waals surface area contributed by atoms with Gasteiger partial charge in [0.05, 0.1) is 16.9 Å². The lowest BCUT2D eigenvalue weighted by molar-refractivity contribution is 0.195. The summed E-state index contributed by atoms with van der Waals surface area (Å²) in [7, 11) is 0. The summed E-state index contributed by atoms with van der Waals surface area (Å²) in [5.41, 5.74) is 21.5. The van der Waals surface area contributed by atoms with Gasteiger partial charge in [0.15, 0.2) is 0 Å². The van der Waals surface area contributed by atoms with Gasteiger partial charge in [-0.3, -0.25) is 0 Å². The molecule has 0 N–H and O–H groups in total. The molecule has 0 spiro atoms. The summed E-state index contributed by atoms with van der Waals surface area (Å²) in [6.07, 6.45) is 4.89. The molecule has 4 heterocycles. The van der Waals surface area contributed by atoms with Crippen LogP contribution >= 0.6 is 0 Å². The third kappa shape index (κ3) is 5.37. The molecule has 0 amide bonds. The van der Waals surface area contributed by atoms with Gasteiger partial charge in [-0.2, -0.15) is 0 Å². The maximum absolute atomic E-state index is 2.88.